The van der Waals surface area contributed by atoms with Crippen LogP contribution in [0.1, 0.15) is 55.3 Å². The van der Waals surface area contributed by atoms with Gasteiger partial charge >= 0.3 is 0 Å². The number of thioether (sulfide) groups is 1. The molecule has 4 aromatic rings. The van der Waals surface area contributed by atoms with Crippen LogP contribution in [0.2, 0.25) is 0 Å². The van der Waals surface area contributed by atoms with Crippen LogP contribution in [0.25, 0.3) is 5.69 Å². The van der Waals surface area contributed by atoms with E-state index in [2.05, 4.69) is 47.6 Å². The van der Waals surface area contributed by atoms with Gasteiger partial charge in [0.05, 0.1) is 5.75 Å². The van der Waals surface area contributed by atoms with Crippen molar-refractivity contribution in [3.8, 4) is 11.4 Å². The zero-order valence-electron chi connectivity index (χ0n) is 21.4. The van der Waals surface area contributed by atoms with Gasteiger partial charge in [-0.2, -0.15) is 0 Å². The lowest BCUT2D eigenvalue weighted by Gasteiger charge is -2.17. The number of carbonyl (C=O) groups excluding carboxylic acids is 1. The molecule has 0 radical (unpaired) electrons. The normalized spacial score (nSPS) is 11.9. The molecule has 0 bridgehead atoms. The number of aromatic nitrogens is 3. The third-order valence-corrected chi connectivity index (χ3v) is 6.81. The monoisotopic (exact) mass is 500 g/mol. The fraction of sp³-hybridized carbons (Fsp3) is 0.276. The minimum atomic E-state index is -0.346. The molecule has 4 rings (SSSR count). The van der Waals surface area contributed by atoms with Crippen LogP contribution in [-0.2, 0) is 4.79 Å². The Morgan fingerprint density at radius 1 is 0.972 bits per heavy atom. The standard InChI is InChI=1S/C29H32N4O2S/c1-19(2)23-12-14-25(15-13-23)35-22(5)28-31-32-29(33(28)24-9-7-6-8-10-24)36-18-27(34)30-26-16-11-20(3)17-21(26)4/h6-17,19,22H,18H2,1-5H3,(H,30,34). The average molecular weight is 501 g/mol. The molecule has 0 saturated heterocycles. The van der Waals surface area contributed by atoms with Gasteiger partial charge in [0.2, 0.25) is 5.91 Å². The highest BCUT2D eigenvalue weighted by atomic mass is 32.2. The van der Waals surface area contributed by atoms with Crippen molar-refractivity contribution in [3.05, 3.63) is 95.3 Å². The van der Waals surface area contributed by atoms with Crippen molar-refractivity contribution in [1.82, 2.24) is 14.8 Å². The van der Waals surface area contributed by atoms with E-state index < -0.39 is 0 Å². The van der Waals surface area contributed by atoms with Crippen LogP contribution in [0.15, 0.2) is 78.0 Å². The first kappa shape index (κ1) is 25.5. The molecule has 1 atom stereocenters. The maximum Gasteiger partial charge on any atom is 0.234 e. The number of nitrogens with zero attached hydrogens (tertiary/aromatic N) is 3. The van der Waals surface area contributed by atoms with Gasteiger partial charge in [0.1, 0.15) is 5.75 Å². The van der Waals surface area contributed by atoms with Crippen LogP contribution >= 0.6 is 11.8 Å². The SMILES string of the molecule is Cc1ccc(NC(=O)CSc2nnc(C(C)Oc3ccc(C(C)C)cc3)n2-c2ccccc2)c(C)c1. The van der Waals surface area contributed by atoms with E-state index in [0.29, 0.717) is 16.9 Å². The average Bonchev–Trinajstić information content (AvgIpc) is 3.29. The number of benzene rings is 3. The summed E-state index contributed by atoms with van der Waals surface area (Å²) < 4.78 is 8.19. The van der Waals surface area contributed by atoms with E-state index in [1.165, 1.54) is 17.3 Å². The maximum atomic E-state index is 12.7. The number of hydrogen-bond donors (Lipinski definition) is 1. The molecule has 0 aliphatic heterocycles. The molecule has 3 aromatic carbocycles. The van der Waals surface area contributed by atoms with Crippen LogP contribution in [0.3, 0.4) is 0 Å². The van der Waals surface area contributed by atoms with Crippen molar-refractivity contribution >= 4 is 23.4 Å². The number of aryl methyl sites for hydroxylation is 2. The first-order valence-electron chi connectivity index (χ1n) is 12.1. The van der Waals surface area contributed by atoms with Crippen LogP contribution < -0.4 is 10.1 Å². The first-order valence-corrected chi connectivity index (χ1v) is 13.1. The maximum absolute atomic E-state index is 12.7. The molecule has 0 saturated carbocycles. The quantitative estimate of drug-likeness (QED) is 0.254. The second-order valence-corrected chi connectivity index (χ2v) is 10.1. The highest BCUT2D eigenvalue weighted by Gasteiger charge is 2.22. The van der Waals surface area contributed by atoms with Crippen LogP contribution in [0, 0.1) is 13.8 Å². The molecule has 0 aliphatic carbocycles. The van der Waals surface area contributed by atoms with Gasteiger partial charge < -0.3 is 10.1 Å². The van der Waals surface area contributed by atoms with Gasteiger partial charge in [-0.25, -0.2) is 0 Å². The highest BCUT2D eigenvalue weighted by Crippen LogP contribution is 2.29. The second-order valence-electron chi connectivity index (χ2n) is 9.15. The van der Waals surface area contributed by atoms with Gasteiger partial charge in [-0.3, -0.25) is 9.36 Å². The van der Waals surface area contributed by atoms with Gasteiger partial charge in [-0.15, -0.1) is 10.2 Å². The Morgan fingerprint density at radius 3 is 2.36 bits per heavy atom. The molecule has 186 valence electrons. The zero-order valence-corrected chi connectivity index (χ0v) is 22.2. The zero-order chi connectivity index (χ0) is 25.7. The summed E-state index contributed by atoms with van der Waals surface area (Å²) in [5.41, 5.74) is 5.20. The van der Waals surface area contributed by atoms with Crippen molar-refractivity contribution in [2.24, 2.45) is 0 Å². The molecule has 7 heteroatoms. The number of amides is 1. The van der Waals surface area contributed by atoms with E-state index in [1.54, 1.807) is 0 Å². The number of rotatable bonds is 9. The Morgan fingerprint density at radius 2 is 1.69 bits per heavy atom. The summed E-state index contributed by atoms with van der Waals surface area (Å²) in [6.45, 7) is 10.3. The summed E-state index contributed by atoms with van der Waals surface area (Å²) in [6, 6.07) is 24.0. The van der Waals surface area contributed by atoms with Gasteiger partial charge in [0.25, 0.3) is 0 Å². The fourth-order valence-electron chi connectivity index (χ4n) is 3.92. The summed E-state index contributed by atoms with van der Waals surface area (Å²) in [4.78, 5) is 12.7. The minimum Gasteiger partial charge on any atom is -0.483 e. The molecule has 0 fully saturated rings. The summed E-state index contributed by atoms with van der Waals surface area (Å²) in [5, 5.41) is 12.5. The number of nitrogens with one attached hydrogen (secondary N) is 1. The predicted octanol–water partition coefficient (Wildman–Crippen LogP) is 6.88. The molecule has 1 aromatic heterocycles. The summed E-state index contributed by atoms with van der Waals surface area (Å²) in [5.74, 6) is 2.03. The van der Waals surface area contributed by atoms with Crippen LogP contribution in [0.5, 0.6) is 5.75 Å². The van der Waals surface area contributed by atoms with Crippen molar-refractivity contribution in [2.45, 2.75) is 51.8 Å². The molecule has 1 N–H and O–H groups in total. The van der Waals surface area contributed by atoms with E-state index in [1.807, 2.05) is 79.9 Å². The summed E-state index contributed by atoms with van der Waals surface area (Å²) >= 11 is 1.35. The van der Waals surface area contributed by atoms with E-state index in [0.717, 1.165) is 28.3 Å². The Kier molecular flexibility index (Phi) is 8.10. The molecule has 1 unspecified atom stereocenters. The molecule has 1 heterocycles. The van der Waals surface area contributed by atoms with Crippen molar-refractivity contribution in [3.63, 3.8) is 0 Å². The summed E-state index contributed by atoms with van der Waals surface area (Å²) in [6.07, 6.45) is -0.346. The lowest BCUT2D eigenvalue weighted by molar-refractivity contribution is -0.113. The number of ether oxygens (including phenoxy) is 1. The summed E-state index contributed by atoms with van der Waals surface area (Å²) in [7, 11) is 0. The Balaban J connectivity index is 1.52. The fourth-order valence-corrected chi connectivity index (χ4v) is 4.68. The van der Waals surface area contributed by atoms with Crippen molar-refractivity contribution in [1.29, 1.82) is 0 Å². The van der Waals surface area contributed by atoms with Crippen LogP contribution in [-0.4, -0.2) is 26.4 Å². The Bertz CT molecular complexity index is 1320. The van der Waals surface area contributed by atoms with Crippen molar-refractivity contribution in [2.75, 3.05) is 11.1 Å². The number of hydrogen-bond acceptors (Lipinski definition) is 5. The van der Waals surface area contributed by atoms with Crippen molar-refractivity contribution < 1.29 is 9.53 Å². The van der Waals surface area contributed by atoms with E-state index in [9.17, 15) is 4.79 Å². The molecule has 1 amide bonds. The van der Waals surface area contributed by atoms with E-state index in [4.69, 9.17) is 4.74 Å². The first-order chi connectivity index (χ1) is 17.3. The van der Waals surface area contributed by atoms with Gasteiger partial charge in [0, 0.05) is 11.4 Å². The molecular formula is C29H32N4O2S. The number of para-hydroxylation sites is 1. The third-order valence-electron chi connectivity index (χ3n) is 5.88. The minimum absolute atomic E-state index is 0.0920. The smallest absolute Gasteiger partial charge is 0.234 e. The Hall–Kier alpha value is -3.58. The number of carbonyl (C=O) groups is 1. The largest absolute Gasteiger partial charge is 0.483 e. The molecule has 6 nitrogen and oxygen atoms in total. The number of anilines is 1. The predicted molar refractivity (Wildman–Crippen MR) is 146 cm³/mol. The lowest BCUT2D eigenvalue weighted by Crippen LogP contribution is -2.16. The van der Waals surface area contributed by atoms with Gasteiger partial charge in [-0.1, -0.05) is 73.6 Å². The molecule has 36 heavy (non-hydrogen) atoms. The third kappa shape index (κ3) is 6.15. The van der Waals surface area contributed by atoms with Gasteiger partial charge in [-0.05, 0) is 68.1 Å². The lowest BCUT2D eigenvalue weighted by atomic mass is 10.0. The molecule has 0 spiro atoms. The molecular weight excluding hydrogens is 468 g/mol. The Labute approximate surface area is 217 Å². The topological polar surface area (TPSA) is 69.0 Å². The van der Waals surface area contributed by atoms with Gasteiger partial charge in [0.15, 0.2) is 17.1 Å². The molecule has 0 aliphatic rings. The van der Waals surface area contributed by atoms with E-state index in [-0.39, 0.29) is 17.8 Å². The second kappa shape index (κ2) is 11.4. The van der Waals surface area contributed by atoms with E-state index >= 15 is 0 Å². The van der Waals surface area contributed by atoms with Crippen LogP contribution in [0.4, 0.5) is 5.69 Å². The highest BCUT2D eigenvalue weighted by molar-refractivity contribution is 7.99.